The Morgan fingerprint density at radius 2 is 1.61 bits per heavy atom. The van der Waals surface area contributed by atoms with Crippen LogP contribution >= 0.6 is 0 Å². The second-order valence-electron chi connectivity index (χ2n) is 8.68. The second kappa shape index (κ2) is 8.88. The molecular formula is C28H25N3O5. The molecule has 182 valence electrons. The number of ketones is 1. The number of methoxy groups -OCH3 is 2. The third-order valence-corrected chi connectivity index (χ3v) is 6.56. The summed E-state index contributed by atoms with van der Waals surface area (Å²) in [5.74, 6) is -0.364. The normalized spacial score (nSPS) is 17.1. The Hall–Kier alpha value is -4.59. The van der Waals surface area contributed by atoms with Gasteiger partial charge in [-0.05, 0) is 60.9 Å². The molecule has 1 fully saturated rings. The smallest absolute Gasteiger partial charge is 0.302 e. The van der Waals surface area contributed by atoms with E-state index in [-0.39, 0.29) is 17.3 Å². The fourth-order valence-electron chi connectivity index (χ4n) is 4.41. The second-order valence-corrected chi connectivity index (χ2v) is 8.68. The van der Waals surface area contributed by atoms with Crippen LogP contribution in [0.5, 0.6) is 11.5 Å². The summed E-state index contributed by atoms with van der Waals surface area (Å²) in [5, 5.41) is 11.3. The van der Waals surface area contributed by atoms with E-state index in [1.165, 1.54) is 4.90 Å². The van der Waals surface area contributed by atoms with E-state index in [0.29, 0.717) is 33.7 Å². The number of amides is 1. The number of Topliss-reactive ketones (excluding diaryl/α,β-unsaturated/α-hetero) is 1. The highest BCUT2D eigenvalue weighted by Gasteiger charge is 2.48. The maximum absolute atomic E-state index is 13.4. The van der Waals surface area contributed by atoms with Crippen molar-refractivity contribution in [2.45, 2.75) is 19.9 Å². The number of nitrogens with one attached hydrogen (secondary N) is 1. The molecule has 1 amide bonds. The molecular weight excluding hydrogens is 458 g/mol. The third kappa shape index (κ3) is 3.76. The van der Waals surface area contributed by atoms with Gasteiger partial charge in [-0.25, -0.2) is 4.98 Å². The molecule has 8 heteroatoms. The lowest BCUT2D eigenvalue weighted by Crippen LogP contribution is -2.30. The van der Waals surface area contributed by atoms with Crippen LogP contribution in [-0.2, 0) is 9.59 Å². The molecule has 1 aliphatic heterocycles. The van der Waals surface area contributed by atoms with E-state index in [1.807, 2.05) is 19.9 Å². The molecule has 36 heavy (non-hydrogen) atoms. The van der Waals surface area contributed by atoms with Crippen molar-refractivity contribution >= 4 is 34.4 Å². The van der Waals surface area contributed by atoms with Gasteiger partial charge in [0.05, 0.1) is 36.9 Å². The highest BCUT2D eigenvalue weighted by Crippen LogP contribution is 2.42. The van der Waals surface area contributed by atoms with Crippen LogP contribution in [0.2, 0.25) is 0 Å². The van der Waals surface area contributed by atoms with Crippen molar-refractivity contribution in [1.82, 2.24) is 9.97 Å². The van der Waals surface area contributed by atoms with Gasteiger partial charge in [-0.2, -0.15) is 0 Å². The zero-order valence-corrected chi connectivity index (χ0v) is 20.3. The summed E-state index contributed by atoms with van der Waals surface area (Å²) in [5.41, 5.74) is 4.34. The van der Waals surface area contributed by atoms with E-state index < -0.39 is 17.7 Å². The van der Waals surface area contributed by atoms with Crippen LogP contribution in [0, 0.1) is 13.8 Å². The quantitative estimate of drug-likeness (QED) is 0.240. The third-order valence-electron chi connectivity index (χ3n) is 6.56. The lowest BCUT2D eigenvalue weighted by molar-refractivity contribution is -0.132. The van der Waals surface area contributed by atoms with E-state index in [2.05, 4.69) is 9.97 Å². The van der Waals surface area contributed by atoms with Gasteiger partial charge in [-0.3, -0.25) is 14.5 Å². The minimum atomic E-state index is -0.903. The standard InChI is InChI=1S/C28H25N3O5/c1-15-5-6-18(13-16(15)2)25(32)23-24(17-7-9-19(35-3)10-8-17)31(27(34)26(23)33)28-29-21-12-11-20(36-4)14-22(21)30-28/h5-14,24,32H,1-4H3,(H,29,30)/b25-23+. The van der Waals surface area contributed by atoms with Crippen LogP contribution in [0.25, 0.3) is 16.8 Å². The molecule has 1 unspecified atom stereocenters. The first-order chi connectivity index (χ1) is 17.3. The maximum atomic E-state index is 13.4. The predicted octanol–water partition coefficient (Wildman–Crippen LogP) is 4.82. The monoisotopic (exact) mass is 483 g/mol. The van der Waals surface area contributed by atoms with Gasteiger partial charge in [0, 0.05) is 11.6 Å². The largest absolute Gasteiger partial charge is 0.507 e. The van der Waals surface area contributed by atoms with Crippen molar-refractivity contribution in [1.29, 1.82) is 0 Å². The molecule has 1 aliphatic rings. The number of hydrogen-bond acceptors (Lipinski definition) is 6. The minimum absolute atomic E-state index is 0.00791. The topological polar surface area (TPSA) is 105 Å². The number of aromatic amines is 1. The van der Waals surface area contributed by atoms with Crippen molar-refractivity contribution in [2.75, 3.05) is 19.1 Å². The molecule has 8 nitrogen and oxygen atoms in total. The number of H-pyrrole nitrogens is 1. The van der Waals surface area contributed by atoms with Crippen LogP contribution in [0.1, 0.15) is 28.3 Å². The molecule has 1 saturated heterocycles. The number of aliphatic hydroxyl groups is 1. The SMILES string of the molecule is COc1ccc(C2/C(=C(\O)c3ccc(C)c(C)c3)C(=O)C(=O)N2c2nc3ccc(OC)cc3[nH]2)cc1. The molecule has 2 heterocycles. The van der Waals surface area contributed by atoms with Crippen LogP contribution < -0.4 is 14.4 Å². The molecule has 0 saturated carbocycles. The first kappa shape index (κ1) is 23.2. The molecule has 0 radical (unpaired) electrons. The number of ether oxygens (including phenoxy) is 2. The Kier molecular flexibility index (Phi) is 5.72. The van der Waals surface area contributed by atoms with Gasteiger partial charge in [-0.1, -0.05) is 24.3 Å². The van der Waals surface area contributed by atoms with Gasteiger partial charge < -0.3 is 19.6 Å². The summed E-state index contributed by atoms with van der Waals surface area (Å²) in [7, 11) is 3.12. The molecule has 0 aliphatic carbocycles. The summed E-state index contributed by atoms with van der Waals surface area (Å²) in [6.45, 7) is 3.89. The number of rotatable bonds is 5. The number of nitrogens with zero attached hydrogens (tertiary/aromatic N) is 2. The maximum Gasteiger partial charge on any atom is 0.302 e. The molecule has 1 aromatic heterocycles. The number of hydrogen-bond donors (Lipinski definition) is 2. The number of aryl methyl sites for hydroxylation is 2. The van der Waals surface area contributed by atoms with Gasteiger partial charge in [-0.15, -0.1) is 0 Å². The Bertz CT molecular complexity index is 1530. The van der Waals surface area contributed by atoms with Gasteiger partial charge >= 0.3 is 5.91 Å². The molecule has 5 rings (SSSR count). The molecule has 0 spiro atoms. The average molecular weight is 484 g/mol. The van der Waals surface area contributed by atoms with Crippen molar-refractivity contribution in [2.24, 2.45) is 0 Å². The number of carbonyl (C=O) groups excluding carboxylic acids is 2. The lowest BCUT2D eigenvalue weighted by atomic mass is 9.94. The predicted molar refractivity (Wildman–Crippen MR) is 136 cm³/mol. The highest BCUT2D eigenvalue weighted by molar-refractivity contribution is 6.51. The minimum Gasteiger partial charge on any atom is -0.507 e. The number of aromatic nitrogens is 2. The van der Waals surface area contributed by atoms with Gasteiger partial charge in [0.25, 0.3) is 5.78 Å². The Morgan fingerprint density at radius 3 is 2.28 bits per heavy atom. The first-order valence-electron chi connectivity index (χ1n) is 11.4. The number of anilines is 1. The van der Waals surface area contributed by atoms with Crippen LogP contribution in [0.4, 0.5) is 5.95 Å². The van der Waals surface area contributed by atoms with Crippen molar-refractivity contribution in [3.05, 3.63) is 88.5 Å². The Balaban J connectivity index is 1.71. The fraction of sp³-hybridized carbons (Fsp3) is 0.179. The van der Waals surface area contributed by atoms with Gasteiger partial charge in [0.15, 0.2) is 0 Å². The number of benzene rings is 3. The lowest BCUT2D eigenvalue weighted by Gasteiger charge is -2.23. The summed E-state index contributed by atoms with van der Waals surface area (Å²) in [6, 6.07) is 16.8. The Labute approximate surface area is 207 Å². The van der Waals surface area contributed by atoms with Crippen molar-refractivity contribution in [3.8, 4) is 11.5 Å². The summed E-state index contributed by atoms with van der Waals surface area (Å²) < 4.78 is 10.6. The van der Waals surface area contributed by atoms with Crippen LogP contribution in [0.3, 0.4) is 0 Å². The Morgan fingerprint density at radius 1 is 0.917 bits per heavy atom. The number of imidazole rings is 1. The van der Waals surface area contributed by atoms with E-state index >= 15 is 0 Å². The summed E-state index contributed by atoms with van der Waals surface area (Å²) in [4.78, 5) is 35.8. The molecule has 2 N–H and O–H groups in total. The average Bonchev–Trinajstić information content (AvgIpc) is 3.42. The molecule has 0 bridgehead atoms. The summed E-state index contributed by atoms with van der Waals surface area (Å²) in [6.07, 6.45) is 0. The van der Waals surface area contributed by atoms with Crippen LogP contribution in [-0.4, -0.2) is 41.0 Å². The molecule has 1 atom stereocenters. The molecule has 3 aromatic carbocycles. The van der Waals surface area contributed by atoms with Crippen molar-refractivity contribution < 1.29 is 24.2 Å². The van der Waals surface area contributed by atoms with Gasteiger partial charge in [0.1, 0.15) is 17.3 Å². The van der Waals surface area contributed by atoms with E-state index in [9.17, 15) is 14.7 Å². The highest BCUT2D eigenvalue weighted by atomic mass is 16.5. The number of fused-ring (bicyclic) bond motifs is 1. The van der Waals surface area contributed by atoms with E-state index in [4.69, 9.17) is 9.47 Å². The van der Waals surface area contributed by atoms with E-state index in [0.717, 1.165) is 11.1 Å². The number of aliphatic hydroxyl groups excluding tert-OH is 1. The summed E-state index contributed by atoms with van der Waals surface area (Å²) >= 11 is 0. The first-order valence-corrected chi connectivity index (χ1v) is 11.4. The fourth-order valence-corrected chi connectivity index (χ4v) is 4.41. The van der Waals surface area contributed by atoms with Gasteiger partial charge in [0.2, 0.25) is 5.95 Å². The van der Waals surface area contributed by atoms with E-state index in [1.54, 1.807) is 68.8 Å². The van der Waals surface area contributed by atoms with Crippen LogP contribution in [0.15, 0.2) is 66.2 Å². The molecule has 4 aromatic rings. The zero-order chi connectivity index (χ0) is 25.6. The van der Waals surface area contributed by atoms with Crippen molar-refractivity contribution in [3.63, 3.8) is 0 Å². The number of carbonyl (C=O) groups is 2. The zero-order valence-electron chi connectivity index (χ0n) is 20.3.